The van der Waals surface area contributed by atoms with Gasteiger partial charge in [0.15, 0.2) is 0 Å². The van der Waals surface area contributed by atoms with E-state index in [2.05, 4.69) is 15.2 Å². The molecule has 0 fully saturated rings. The molecule has 0 saturated heterocycles. The molecule has 3 rings (SSSR count). The van der Waals surface area contributed by atoms with E-state index < -0.39 is 0 Å². The van der Waals surface area contributed by atoms with Crippen molar-refractivity contribution in [3.63, 3.8) is 0 Å². The molecular weight excluding hydrogens is 248 g/mol. The van der Waals surface area contributed by atoms with Crippen LogP contribution < -0.4 is 0 Å². The molecule has 0 radical (unpaired) electrons. The molecule has 0 unspecified atom stereocenters. The first-order valence-electron chi connectivity index (χ1n) is 5.74. The fourth-order valence-corrected chi connectivity index (χ4v) is 2.21. The van der Waals surface area contributed by atoms with Gasteiger partial charge in [-0.15, -0.1) is 10.2 Å². The van der Waals surface area contributed by atoms with Crippen molar-refractivity contribution in [2.24, 2.45) is 0 Å². The van der Waals surface area contributed by atoms with Crippen LogP contribution in [-0.4, -0.2) is 19.7 Å². The van der Waals surface area contributed by atoms with Gasteiger partial charge in [-0.3, -0.25) is 9.55 Å². The van der Waals surface area contributed by atoms with Crippen LogP contribution in [0.15, 0.2) is 36.5 Å². The van der Waals surface area contributed by atoms with E-state index in [4.69, 9.17) is 11.6 Å². The number of hydrogen-bond acceptors (Lipinski definition) is 3. The first-order chi connectivity index (χ1) is 8.79. The van der Waals surface area contributed by atoms with Gasteiger partial charge in [-0.2, -0.15) is 0 Å². The van der Waals surface area contributed by atoms with Crippen LogP contribution >= 0.6 is 11.6 Å². The van der Waals surface area contributed by atoms with Gasteiger partial charge in [-0.1, -0.05) is 13.0 Å². The molecule has 18 heavy (non-hydrogen) atoms. The molecular formula is C13H11ClN4. The van der Waals surface area contributed by atoms with E-state index in [1.165, 1.54) is 0 Å². The van der Waals surface area contributed by atoms with Gasteiger partial charge in [-0.25, -0.2) is 0 Å². The number of fused-ring (bicyclic) bond motifs is 1. The average Bonchev–Trinajstić information content (AvgIpc) is 2.79. The Hall–Kier alpha value is -1.94. The van der Waals surface area contributed by atoms with Crippen LogP contribution in [0.5, 0.6) is 0 Å². The van der Waals surface area contributed by atoms with Crippen LogP contribution in [-0.2, 0) is 6.42 Å². The average molecular weight is 259 g/mol. The van der Waals surface area contributed by atoms with Gasteiger partial charge in [0.05, 0.1) is 11.2 Å². The molecule has 2 aromatic heterocycles. The molecule has 0 spiro atoms. The summed E-state index contributed by atoms with van der Waals surface area (Å²) in [6, 6.07) is 9.93. The lowest BCUT2D eigenvalue weighted by Crippen LogP contribution is -2.00. The smallest absolute Gasteiger partial charge is 0.229 e. The normalized spacial score (nSPS) is 11.0. The van der Waals surface area contributed by atoms with E-state index in [-0.39, 0.29) is 0 Å². The summed E-state index contributed by atoms with van der Waals surface area (Å²) in [7, 11) is 0. The molecule has 0 saturated carbocycles. The highest BCUT2D eigenvalue weighted by molar-refractivity contribution is 6.28. The summed E-state index contributed by atoms with van der Waals surface area (Å²) in [4.78, 5) is 4.30. The summed E-state index contributed by atoms with van der Waals surface area (Å²) in [5.41, 5.74) is 1.92. The second kappa shape index (κ2) is 4.38. The quantitative estimate of drug-likeness (QED) is 0.710. The van der Waals surface area contributed by atoms with Crippen molar-refractivity contribution in [3.05, 3.63) is 47.6 Å². The van der Waals surface area contributed by atoms with Crippen LogP contribution in [0.1, 0.15) is 12.7 Å². The van der Waals surface area contributed by atoms with Crippen LogP contribution in [0.3, 0.4) is 0 Å². The van der Waals surface area contributed by atoms with Crippen LogP contribution in [0.2, 0.25) is 5.28 Å². The molecule has 0 atom stereocenters. The molecule has 0 N–H and O–H groups in total. The van der Waals surface area contributed by atoms with Crippen molar-refractivity contribution in [1.82, 2.24) is 19.7 Å². The van der Waals surface area contributed by atoms with E-state index >= 15 is 0 Å². The van der Waals surface area contributed by atoms with Gasteiger partial charge in [0.25, 0.3) is 0 Å². The number of pyridine rings is 1. The minimum atomic E-state index is 0.384. The summed E-state index contributed by atoms with van der Waals surface area (Å²) in [6.07, 6.45) is 2.57. The molecule has 90 valence electrons. The Kier molecular flexibility index (Phi) is 2.72. The van der Waals surface area contributed by atoms with Crippen molar-refractivity contribution in [2.45, 2.75) is 13.3 Å². The minimum absolute atomic E-state index is 0.384. The molecule has 1 aromatic carbocycles. The van der Waals surface area contributed by atoms with Gasteiger partial charge in [-0.05, 0) is 35.9 Å². The molecule has 2 heterocycles. The van der Waals surface area contributed by atoms with Gasteiger partial charge in [0.1, 0.15) is 5.82 Å². The number of rotatable bonds is 2. The Labute approximate surface area is 109 Å². The number of aromatic nitrogens is 4. The Morgan fingerprint density at radius 2 is 2.11 bits per heavy atom. The molecule has 0 bridgehead atoms. The Morgan fingerprint density at radius 1 is 1.22 bits per heavy atom. The van der Waals surface area contributed by atoms with E-state index in [9.17, 15) is 0 Å². The van der Waals surface area contributed by atoms with Crippen molar-refractivity contribution in [3.8, 4) is 5.69 Å². The Balaban J connectivity index is 2.22. The van der Waals surface area contributed by atoms with Gasteiger partial charge in [0, 0.05) is 18.0 Å². The lowest BCUT2D eigenvalue weighted by molar-refractivity contribution is 0.884. The zero-order valence-electron chi connectivity index (χ0n) is 9.84. The predicted molar refractivity (Wildman–Crippen MR) is 71.0 cm³/mol. The standard InChI is InChI=1S/C13H11ClN4/c1-2-12-16-17-13(14)18(12)10-5-6-11-9(8-10)4-3-7-15-11/h3-8H,2H2,1H3. The first kappa shape index (κ1) is 11.2. The fraction of sp³-hybridized carbons (Fsp3) is 0.154. The molecule has 5 heteroatoms. The SMILES string of the molecule is CCc1nnc(Cl)n1-c1ccc2ncccc2c1. The number of aryl methyl sites for hydroxylation is 1. The third-order valence-corrected chi connectivity index (χ3v) is 3.10. The molecule has 0 aliphatic heterocycles. The van der Waals surface area contributed by atoms with Crippen molar-refractivity contribution < 1.29 is 0 Å². The van der Waals surface area contributed by atoms with Crippen LogP contribution in [0, 0.1) is 0 Å². The zero-order valence-corrected chi connectivity index (χ0v) is 10.6. The molecule has 3 aromatic rings. The summed E-state index contributed by atoms with van der Waals surface area (Å²) in [5, 5.41) is 9.42. The van der Waals surface area contributed by atoms with E-state index in [0.29, 0.717) is 5.28 Å². The van der Waals surface area contributed by atoms with Gasteiger partial charge in [0.2, 0.25) is 5.28 Å². The van der Waals surface area contributed by atoms with Gasteiger partial charge >= 0.3 is 0 Å². The van der Waals surface area contributed by atoms with E-state index in [0.717, 1.165) is 28.8 Å². The Bertz CT molecular complexity index is 705. The lowest BCUT2D eigenvalue weighted by atomic mass is 10.2. The summed E-state index contributed by atoms with van der Waals surface area (Å²) >= 11 is 6.08. The molecule has 4 nitrogen and oxygen atoms in total. The van der Waals surface area contributed by atoms with E-state index in [1.807, 2.05) is 41.8 Å². The van der Waals surface area contributed by atoms with Crippen LogP contribution in [0.25, 0.3) is 16.6 Å². The minimum Gasteiger partial charge on any atom is -0.270 e. The number of halogens is 1. The highest BCUT2D eigenvalue weighted by Crippen LogP contribution is 2.21. The van der Waals surface area contributed by atoms with Crippen molar-refractivity contribution in [1.29, 1.82) is 0 Å². The summed E-state index contributed by atoms with van der Waals surface area (Å²) < 4.78 is 1.86. The second-order valence-electron chi connectivity index (χ2n) is 3.95. The van der Waals surface area contributed by atoms with E-state index in [1.54, 1.807) is 6.20 Å². The third kappa shape index (κ3) is 1.75. The Morgan fingerprint density at radius 3 is 2.94 bits per heavy atom. The maximum absolute atomic E-state index is 6.08. The highest BCUT2D eigenvalue weighted by Gasteiger charge is 2.10. The topological polar surface area (TPSA) is 43.6 Å². The maximum atomic E-state index is 6.08. The third-order valence-electron chi connectivity index (χ3n) is 2.85. The maximum Gasteiger partial charge on any atom is 0.229 e. The molecule has 0 amide bonds. The van der Waals surface area contributed by atoms with Crippen molar-refractivity contribution in [2.75, 3.05) is 0 Å². The number of hydrogen-bond donors (Lipinski definition) is 0. The highest BCUT2D eigenvalue weighted by atomic mass is 35.5. The van der Waals surface area contributed by atoms with Crippen LogP contribution in [0.4, 0.5) is 0 Å². The lowest BCUT2D eigenvalue weighted by Gasteiger charge is -2.07. The summed E-state index contributed by atoms with van der Waals surface area (Å²) in [5.74, 6) is 0.850. The van der Waals surface area contributed by atoms with Crippen molar-refractivity contribution >= 4 is 22.5 Å². The van der Waals surface area contributed by atoms with Gasteiger partial charge < -0.3 is 0 Å². The molecule has 0 aliphatic carbocycles. The second-order valence-corrected chi connectivity index (χ2v) is 4.29. The zero-order chi connectivity index (χ0) is 12.5. The monoisotopic (exact) mass is 258 g/mol. The predicted octanol–water partition coefficient (Wildman–Crippen LogP) is 3.03. The number of nitrogens with zero attached hydrogens (tertiary/aromatic N) is 4. The summed E-state index contributed by atoms with van der Waals surface area (Å²) in [6.45, 7) is 2.03. The number of benzene rings is 1. The largest absolute Gasteiger partial charge is 0.270 e. The molecule has 0 aliphatic rings. The fourth-order valence-electron chi connectivity index (χ4n) is 1.98. The first-order valence-corrected chi connectivity index (χ1v) is 6.12.